The molecule has 0 fully saturated rings. The average Bonchev–Trinajstić information content (AvgIpc) is 2.95. The van der Waals surface area contributed by atoms with E-state index in [0.717, 1.165) is 22.3 Å². The highest BCUT2D eigenvalue weighted by Gasteiger charge is 2.18. The van der Waals surface area contributed by atoms with Gasteiger partial charge in [0.15, 0.2) is 0 Å². The van der Waals surface area contributed by atoms with Crippen molar-refractivity contribution >= 4 is 11.0 Å². The van der Waals surface area contributed by atoms with E-state index < -0.39 is 0 Å². The molecule has 1 heterocycles. The van der Waals surface area contributed by atoms with Gasteiger partial charge in [0.2, 0.25) is 0 Å². The zero-order chi connectivity index (χ0) is 14.9. The van der Waals surface area contributed by atoms with Crippen molar-refractivity contribution in [3.05, 3.63) is 84.4 Å². The topological polar surface area (TPSA) is 13.1 Å². The predicted octanol–water partition coefficient (Wildman–Crippen LogP) is 6.08. The highest BCUT2D eigenvalue weighted by Crippen LogP contribution is 2.41. The molecular formula is C21H16O. The molecule has 4 rings (SSSR count). The molecule has 0 aliphatic rings. The van der Waals surface area contributed by atoms with Crippen LogP contribution in [-0.4, -0.2) is 0 Å². The molecule has 4 aromatic rings. The summed E-state index contributed by atoms with van der Waals surface area (Å²) >= 11 is 0. The van der Waals surface area contributed by atoms with Crippen molar-refractivity contribution in [1.82, 2.24) is 0 Å². The summed E-state index contributed by atoms with van der Waals surface area (Å²) in [5.74, 6) is 0.941. The molecule has 1 aromatic heterocycles. The van der Waals surface area contributed by atoms with E-state index in [4.69, 9.17) is 4.42 Å². The molecule has 106 valence electrons. The highest BCUT2D eigenvalue weighted by molar-refractivity contribution is 6.02. The van der Waals surface area contributed by atoms with Crippen molar-refractivity contribution in [2.45, 2.75) is 6.92 Å². The molecular weight excluding hydrogens is 268 g/mol. The van der Waals surface area contributed by atoms with Gasteiger partial charge in [0, 0.05) is 16.5 Å². The zero-order valence-electron chi connectivity index (χ0n) is 12.4. The van der Waals surface area contributed by atoms with Crippen molar-refractivity contribution in [3.63, 3.8) is 0 Å². The molecule has 0 N–H and O–H groups in total. The number of para-hydroxylation sites is 1. The van der Waals surface area contributed by atoms with Crippen LogP contribution in [0.2, 0.25) is 0 Å². The number of hydrogen-bond donors (Lipinski definition) is 0. The van der Waals surface area contributed by atoms with Crippen LogP contribution in [0.5, 0.6) is 0 Å². The van der Waals surface area contributed by atoms with Crippen LogP contribution in [0, 0.1) is 6.92 Å². The van der Waals surface area contributed by atoms with Gasteiger partial charge in [-0.05, 0) is 24.1 Å². The lowest BCUT2D eigenvalue weighted by molar-refractivity contribution is 0.632. The molecule has 22 heavy (non-hydrogen) atoms. The number of rotatable bonds is 2. The van der Waals surface area contributed by atoms with Gasteiger partial charge in [0.1, 0.15) is 11.3 Å². The van der Waals surface area contributed by atoms with Gasteiger partial charge in [-0.1, -0.05) is 72.8 Å². The Morgan fingerprint density at radius 2 is 1.36 bits per heavy atom. The highest BCUT2D eigenvalue weighted by atomic mass is 16.3. The van der Waals surface area contributed by atoms with E-state index in [1.54, 1.807) is 0 Å². The molecule has 0 bridgehead atoms. The third-order valence-electron chi connectivity index (χ3n) is 4.05. The summed E-state index contributed by atoms with van der Waals surface area (Å²) in [6, 6.07) is 27.0. The van der Waals surface area contributed by atoms with E-state index in [1.807, 2.05) is 30.3 Å². The first-order chi connectivity index (χ1) is 10.8. The molecule has 0 spiro atoms. The lowest BCUT2D eigenvalue weighted by Crippen LogP contribution is -1.84. The second kappa shape index (κ2) is 5.19. The fraction of sp³-hybridized carbons (Fsp3) is 0.0476. The quantitative estimate of drug-likeness (QED) is 0.435. The standard InChI is InChI=1S/C21H16O/c1-15-9-5-6-12-17(15)20-18-13-7-8-14-19(18)22-21(20)16-10-3-2-4-11-16/h2-14H,1H3. The Morgan fingerprint density at radius 3 is 2.18 bits per heavy atom. The minimum atomic E-state index is 0.930. The van der Waals surface area contributed by atoms with Gasteiger partial charge in [-0.3, -0.25) is 0 Å². The summed E-state index contributed by atoms with van der Waals surface area (Å²) in [6.45, 7) is 2.14. The number of hydrogen-bond acceptors (Lipinski definition) is 1. The van der Waals surface area contributed by atoms with Gasteiger partial charge in [-0.2, -0.15) is 0 Å². The molecule has 1 nitrogen and oxygen atoms in total. The Morgan fingerprint density at radius 1 is 0.682 bits per heavy atom. The van der Waals surface area contributed by atoms with Gasteiger partial charge < -0.3 is 4.42 Å². The molecule has 0 saturated carbocycles. The summed E-state index contributed by atoms with van der Waals surface area (Å²) in [5, 5.41) is 1.16. The first-order valence-corrected chi connectivity index (χ1v) is 7.47. The maximum absolute atomic E-state index is 6.19. The van der Waals surface area contributed by atoms with Crippen LogP contribution in [0.1, 0.15) is 5.56 Å². The second-order valence-corrected chi connectivity index (χ2v) is 5.48. The van der Waals surface area contributed by atoms with E-state index >= 15 is 0 Å². The van der Waals surface area contributed by atoms with Gasteiger partial charge in [-0.15, -0.1) is 0 Å². The van der Waals surface area contributed by atoms with Crippen LogP contribution in [0.15, 0.2) is 83.3 Å². The largest absolute Gasteiger partial charge is 0.455 e. The molecule has 0 atom stereocenters. The Kier molecular flexibility index (Phi) is 3.05. The van der Waals surface area contributed by atoms with Crippen molar-refractivity contribution in [3.8, 4) is 22.5 Å². The predicted molar refractivity (Wildman–Crippen MR) is 91.8 cm³/mol. The van der Waals surface area contributed by atoms with Crippen molar-refractivity contribution < 1.29 is 4.42 Å². The van der Waals surface area contributed by atoms with E-state index in [2.05, 4.69) is 55.5 Å². The maximum atomic E-state index is 6.19. The fourth-order valence-electron chi connectivity index (χ4n) is 2.96. The van der Waals surface area contributed by atoms with Gasteiger partial charge in [0.25, 0.3) is 0 Å². The summed E-state index contributed by atoms with van der Waals surface area (Å²) < 4.78 is 6.19. The van der Waals surface area contributed by atoms with Gasteiger partial charge in [0.05, 0.1) is 0 Å². The number of benzene rings is 3. The van der Waals surface area contributed by atoms with Crippen LogP contribution in [0.3, 0.4) is 0 Å². The molecule has 0 saturated heterocycles. The lowest BCUT2D eigenvalue weighted by Gasteiger charge is -2.07. The number of furan rings is 1. The van der Waals surface area contributed by atoms with Gasteiger partial charge >= 0.3 is 0 Å². The fourth-order valence-corrected chi connectivity index (χ4v) is 2.96. The Balaban J connectivity index is 2.10. The second-order valence-electron chi connectivity index (χ2n) is 5.48. The van der Waals surface area contributed by atoms with Crippen LogP contribution >= 0.6 is 0 Å². The molecule has 0 radical (unpaired) electrons. The van der Waals surface area contributed by atoms with Crippen LogP contribution in [-0.2, 0) is 0 Å². The van der Waals surface area contributed by atoms with Crippen molar-refractivity contribution in [1.29, 1.82) is 0 Å². The Labute approximate surface area is 129 Å². The van der Waals surface area contributed by atoms with Crippen molar-refractivity contribution in [2.75, 3.05) is 0 Å². The third kappa shape index (κ3) is 2.03. The van der Waals surface area contributed by atoms with Crippen LogP contribution < -0.4 is 0 Å². The maximum Gasteiger partial charge on any atom is 0.143 e. The van der Waals surface area contributed by atoms with E-state index in [0.29, 0.717) is 0 Å². The Bertz CT molecular complexity index is 932. The SMILES string of the molecule is Cc1ccccc1-c1c(-c2ccccc2)oc2ccccc12. The van der Waals surface area contributed by atoms with Gasteiger partial charge in [-0.25, -0.2) is 0 Å². The van der Waals surface area contributed by atoms with Crippen molar-refractivity contribution in [2.24, 2.45) is 0 Å². The smallest absolute Gasteiger partial charge is 0.143 e. The summed E-state index contributed by atoms with van der Waals surface area (Å²) in [6.07, 6.45) is 0. The molecule has 3 aromatic carbocycles. The van der Waals surface area contributed by atoms with E-state index in [9.17, 15) is 0 Å². The minimum absolute atomic E-state index is 0.930. The first-order valence-electron chi connectivity index (χ1n) is 7.47. The summed E-state index contributed by atoms with van der Waals surface area (Å²) in [4.78, 5) is 0. The Hall–Kier alpha value is -2.80. The zero-order valence-corrected chi connectivity index (χ0v) is 12.4. The monoisotopic (exact) mass is 284 g/mol. The normalized spacial score (nSPS) is 11.0. The van der Waals surface area contributed by atoms with Crippen LogP contribution in [0.25, 0.3) is 33.4 Å². The summed E-state index contributed by atoms with van der Waals surface area (Å²) in [5.41, 5.74) is 5.70. The summed E-state index contributed by atoms with van der Waals surface area (Å²) in [7, 11) is 0. The van der Waals surface area contributed by atoms with E-state index in [1.165, 1.54) is 16.7 Å². The third-order valence-corrected chi connectivity index (χ3v) is 4.05. The molecule has 0 aliphatic carbocycles. The number of fused-ring (bicyclic) bond motifs is 1. The molecule has 0 unspecified atom stereocenters. The lowest BCUT2D eigenvalue weighted by atomic mass is 9.95. The molecule has 1 heteroatoms. The molecule has 0 amide bonds. The molecule has 0 aliphatic heterocycles. The van der Waals surface area contributed by atoms with E-state index in [-0.39, 0.29) is 0 Å². The minimum Gasteiger partial charge on any atom is -0.455 e. The number of aryl methyl sites for hydroxylation is 1. The van der Waals surface area contributed by atoms with Crippen LogP contribution in [0.4, 0.5) is 0 Å². The first kappa shape index (κ1) is 12.9. The average molecular weight is 284 g/mol.